The molecule has 16 N–H and O–H groups in total. The van der Waals surface area contributed by atoms with Crippen LogP contribution in [0.25, 0.3) is 10.9 Å². The molecule has 37 nitrogen and oxygen atoms in total. The number of carboxylic acid groups (broad SMARTS) is 1. The van der Waals surface area contributed by atoms with E-state index in [2.05, 4.69) is 58.2 Å². The van der Waals surface area contributed by atoms with Crippen molar-refractivity contribution in [1.29, 1.82) is 0 Å². The first kappa shape index (κ1) is 104. The number of aromatic hydroxyl groups is 2. The predicted molar refractivity (Wildman–Crippen MR) is 492 cm³/mol. The first-order valence-corrected chi connectivity index (χ1v) is 44.2. The van der Waals surface area contributed by atoms with Crippen molar-refractivity contribution in [2.45, 2.75) is 191 Å². The van der Waals surface area contributed by atoms with Gasteiger partial charge in [-0.2, -0.15) is 0 Å². The molecule has 7 aromatic rings. The van der Waals surface area contributed by atoms with Crippen molar-refractivity contribution in [2.75, 3.05) is 61.4 Å². The Hall–Kier alpha value is -14.4. The Labute approximate surface area is 772 Å². The molecule has 712 valence electrons. The number of carbonyl (C=O) groups is 17. The highest BCUT2D eigenvalue weighted by Crippen LogP contribution is 2.25. The number of carboxylic acids is 1. The number of nitrogens with zero attached hydrogens (tertiary/aromatic N) is 5. The summed E-state index contributed by atoms with van der Waals surface area (Å²) in [5, 5.41) is 58.3. The second-order valence-corrected chi connectivity index (χ2v) is 34.2. The largest absolute Gasteiger partial charge is 0.508 e. The van der Waals surface area contributed by atoms with E-state index in [4.69, 9.17) is 5.73 Å². The molecule has 2 heterocycles. The van der Waals surface area contributed by atoms with Gasteiger partial charge in [-0.15, -0.1) is 0 Å². The molecule has 37 heteroatoms. The van der Waals surface area contributed by atoms with Gasteiger partial charge in [-0.25, -0.2) is 0 Å². The van der Waals surface area contributed by atoms with Gasteiger partial charge in [0.15, 0.2) is 0 Å². The zero-order valence-electron chi connectivity index (χ0n) is 76.4. The van der Waals surface area contributed by atoms with Crippen LogP contribution in [-0.4, -0.2) is 280 Å². The lowest BCUT2D eigenvalue weighted by Crippen LogP contribution is -2.61. The van der Waals surface area contributed by atoms with Crippen molar-refractivity contribution < 1.29 is 96.8 Å². The number of phenolic OH excluding ortho intramolecular Hbond substituents is 2. The van der Waals surface area contributed by atoms with Gasteiger partial charge >= 0.3 is 5.97 Å². The first-order chi connectivity index (χ1) is 63.3. The van der Waals surface area contributed by atoms with E-state index in [0.29, 0.717) is 63.4 Å². The SMILES string of the molecule is CCCC[C@H]1C(=O)N(C)CC(=O)N[C@@H](CC(=O)O)C(=O)N[C@@H](C(C)C)C(=O)N(C)[C@@H](Cc2ccccc2)C(=O)N[C@@H](Cc2ccc(O)cc2)C(=O)N(C)CC(=O)N[C@@H](Cc2c[nH]c3ccccc23)C(=O)N[C@@H](Cc2ccc(O)cc2)C(=O)N[C@@H](CC(C)C)C(=O)N[C@H](C(=O)NCC(N)=O)CCC(=O)NC(C=O)CN[C@@H](Cc2ccccc2)C(=O)N(C)[C@@H](Cc2ccccc2)C(=O)N1C. The van der Waals surface area contributed by atoms with Crippen LogP contribution in [0.1, 0.15) is 113 Å². The van der Waals surface area contributed by atoms with Gasteiger partial charge in [-0.1, -0.05) is 181 Å². The third kappa shape index (κ3) is 31.7. The molecule has 133 heavy (non-hydrogen) atoms. The number of carbonyl (C=O) groups excluding carboxylic acids is 16. The molecule has 0 saturated carbocycles. The number of nitrogens with one attached hydrogen (secondary N) is 11. The number of rotatable bonds is 24. The van der Waals surface area contributed by atoms with Crippen LogP contribution in [-0.2, 0) is 120 Å². The van der Waals surface area contributed by atoms with Crippen LogP contribution in [0, 0.1) is 11.8 Å². The quantitative estimate of drug-likeness (QED) is 0.0381. The Morgan fingerprint density at radius 3 is 1.48 bits per heavy atom. The van der Waals surface area contributed by atoms with Gasteiger partial charge in [-0.05, 0) is 101 Å². The van der Waals surface area contributed by atoms with Crippen molar-refractivity contribution in [3.8, 4) is 11.5 Å². The molecule has 1 aliphatic rings. The zero-order chi connectivity index (χ0) is 97.3. The number of aldehydes is 1. The van der Waals surface area contributed by atoms with Gasteiger partial charge in [0.2, 0.25) is 88.6 Å². The highest BCUT2D eigenvalue weighted by Gasteiger charge is 2.42. The molecule has 1 saturated heterocycles. The summed E-state index contributed by atoms with van der Waals surface area (Å²) in [6.45, 7) is 5.64. The molecule has 0 bridgehead atoms. The number of aromatic nitrogens is 1. The van der Waals surface area contributed by atoms with E-state index in [1.807, 2.05) is 6.92 Å². The summed E-state index contributed by atoms with van der Waals surface area (Å²) >= 11 is 0. The number of hydrogen-bond acceptors (Lipinski definition) is 20. The lowest BCUT2D eigenvalue weighted by Gasteiger charge is -2.37. The van der Waals surface area contributed by atoms with Crippen LogP contribution >= 0.6 is 0 Å². The predicted octanol–water partition coefficient (Wildman–Crippen LogP) is 1.53. The monoisotopic (exact) mass is 1830 g/mol. The molecule has 12 atom stereocenters. The number of amides is 15. The fourth-order valence-electron chi connectivity index (χ4n) is 15.5. The number of phenols is 2. The maximum absolute atomic E-state index is 15.5. The minimum atomic E-state index is -1.91. The molecule has 8 rings (SSSR count). The lowest BCUT2D eigenvalue weighted by molar-refractivity contribution is -0.151. The summed E-state index contributed by atoms with van der Waals surface area (Å²) in [6.07, 6.45) is -0.643. The van der Waals surface area contributed by atoms with E-state index in [1.54, 1.807) is 149 Å². The summed E-state index contributed by atoms with van der Waals surface area (Å²) in [5.41, 5.74) is 9.08. The fraction of sp³-hybridized carbons (Fsp3) is 0.427. The summed E-state index contributed by atoms with van der Waals surface area (Å²) in [4.78, 5) is 256. The summed E-state index contributed by atoms with van der Waals surface area (Å²) in [7, 11) is 6.54. The van der Waals surface area contributed by atoms with Crippen LogP contribution in [0.5, 0.6) is 11.5 Å². The second-order valence-electron chi connectivity index (χ2n) is 34.2. The molecular weight excluding hydrogens is 1710 g/mol. The molecule has 1 aromatic heterocycles. The third-order valence-corrected chi connectivity index (χ3v) is 23.0. The summed E-state index contributed by atoms with van der Waals surface area (Å²) in [5.74, 6) is -16.9. The summed E-state index contributed by atoms with van der Waals surface area (Å²) in [6, 6.07) is 25.8. The van der Waals surface area contributed by atoms with Crippen LogP contribution < -0.4 is 58.9 Å². The molecule has 0 spiro atoms. The summed E-state index contributed by atoms with van der Waals surface area (Å²) < 4.78 is 0. The van der Waals surface area contributed by atoms with E-state index in [1.165, 1.54) is 93.6 Å². The van der Waals surface area contributed by atoms with Crippen molar-refractivity contribution in [2.24, 2.45) is 17.6 Å². The number of primary amides is 1. The topological polar surface area (TPSA) is 529 Å². The zero-order valence-corrected chi connectivity index (χ0v) is 76.4. The van der Waals surface area contributed by atoms with Gasteiger partial charge < -0.3 is 108 Å². The van der Waals surface area contributed by atoms with Crippen molar-refractivity contribution in [3.63, 3.8) is 0 Å². The smallest absolute Gasteiger partial charge is 0.305 e. The highest BCUT2D eigenvalue weighted by molar-refractivity contribution is 6.01. The molecule has 0 aliphatic carbocycles. The number of aliphatic carboxylic acids is 1. The average molecular weight is 1840 g/mol. The van der Waals surface area contributed by atoms with Crippen molar-refractivity contribution in [1.82, 2.24) is 82.7 Å². The lowest BCUT2D eigenvalue weighted by atomic mass is 9.98. The van der Waals surface area contributed by atoms with Crippen LogP contribution in [0.2, 0.25) is 0 Å². The Morgan fingerprint density at radius 2 is 0.940 bits per heavy atom. The Kier molecular flexibility index (Phi) is 39.6. The third-order valence-electron chi connectivity index (χ3n) is 23.0. The Balaban J connectivity index is 1.20. The fourth-order valence-corrected chi connectivity index (χ4v) is 15.5. The molecular formula is C96H123N17O20. The Morgan fingerprint density at radius 1 is 0.474 bits per heavy atom. The van der Waals surface area contributed by atoms with E-state index in [0.717, 1.165) is 14.7 Å². The van der Waals surface area contributed by atoms with E-state index in [-0.39, 0.29) is 68.8 Å². The number of unbranched alkanes of at least 4 members (excludes halogenated alkanes) is 1. The Bertz CT molecular complexity index is 5200. The molecule has 0 radical (unpaired) electrons. The molecule has 1 unspecified atom stereocenters. The van der Waals surface area contributed by atoms with Crippen molar-refractivity contribution in [3.05, 3.63) is 203 Å². The average Bonchev–Trinajstić information content (AvgIpc) is 1.67. The minimum absolute atomic E-state index is 0.0298. The van der Waals surface area contributed by atoms with Gasteiger partial charge in [0.1, 0.15) is 78.2 Å². The van der Waals surface area contributed by atoms with Gasteiger partial charge in [-0.3, -0.25) is 76.7 Å². The van der Waals surface area contributed by atoms with Crippen LogP contribution in [0.4, 0.5) is 0 Å². The van der Waals surface area contributed by atoms with Crippen LogP contribution in [0.15, 0.2) is 170 Å². The molecule has 6 aromatic carbocycles. The van der Waals surface area contributed by atoms with Gasteiger partial charge in [0.25, 0.3) is 0 Å². The highest BCUT2D eigenvalue weighted by atomic mass is 16.4. The number of aromatic amines is 1. The van der Waals surface area contributed by atoms with Gasteiger partial charge in [0.05, 0.1) is 38.1 Å². The standard InChI is InChI=1S/C96H123N17O20/c1-11-12-32-77-94(131)110(7)55-83(120)103-74(50-84(121)122)90(127)108-85(58(4)5)96(133)112(9)78(47-60-26-18-14-19-27-60)91(128)107-76(46-63-35-39-67(116)40-36-63)92(129)109(6)54-82(119)102-73(49-64-51-98-69-31-23-22-30-68(64)69)89(126)106-72(44-62-33-37-66(115)38-34-62)88(125)105-71(43-57(2)3)87(124)104-70(86(123)100-53-80(97)117)41-42-81(118)101-65(56-114)52-99-75(45-59-24-16-13-17-25-59)93(130)113(10)79(95(132)111(77)8)48-61-28-20-15-21-29-61/h13-31,33-40,51,56-58,65,70-79,85,98-99,115-116H,11-12,32,41-50,52-55H2,1-10H3,(H2,97,117)(H,100,123)(H,101,118)(H,102,119)(H,103,120)(H,104,124)(H,105,125)(H,106,126)(H,107,128)(H,108,127)(H,121,122)/t65?,70-,71-,72-,73-,74-,75-,76-,77-,78-,79-,85-/m0/s1. The number of fused-ring (bicyclic) bond motifs is 1. The van der Waals surface area contributed by atoms with Crippen molar-refractivity contribution >= 4 is 112 Å². The number of benzene rings is 6. The maximum atomic E-state index is 15.5. The minimum Gasteiger partial charge on any atom is -0.508 e. The number of H-pyrrole nitrogens is 1. The normalized spacial score (nSPS) is 22.3. The first-order valence-electron chi connectivity index (χ1n) is 44.2. The van der Waals surface area contributed by atoms with Gasteiger partial charge in [0, 0.05) is 97.4 Å². The molecule has 1 fully saturated rings. The number of likely N-dealkylation sites (N-methyl/N-ethyl adjacent to an activating group) is 5. The van der Waals surface area contributed by atoms with E-state index in [9.17, 15) is 58.5 Å². The number of hydrogen-bond donors (Lipinski definition) is 15. The van der Waals surface area contributed by atoms with E-state index >= 15 is 38.4 Å². The number of para-hydroxylation sites is 1. The number of nitrogens with two attached hydrogens (primary N) is 1. The maximum Gasteiger partial charge on any atom is 0.305 e. The molecule has 15 amide bonds. The second kappa shape index (κ2) is 50.7. The van der Waals surface area contributed by atoms with Crippen LogP contribution in [0.3, 0.4) is 0 Å². The molecule has 1 aliphatic heterocycles. The van der Waals surface area contributed by atoms with E-state index < -0.39 is 218 Å².